The van der Waals surface area contributed by atoms with Crippen LogP contribution in [-0.4, -0.2) is 33.0 Å². The van der Waals surface area contributed by atoms with Crippen LogP contribution in [0.2, 0.25) is 0 Å². The van der Waals surface area contributed by atoms with Crippen molar-refractivity contribution in [1.29, 1.82) is 0 Å². The third kappa shape index (κ3) is 6.02. The molecule has 0 spiro atoms. The molecule has 19 heavy (non-hydrogen) atoms. The Hall–Kier alpha value is -1.14. The van der Waals surface area contributed by atoms with Crippen molar-refractivity contribution in [3.05, 3.63) is 29.8 Å². The lowest BCUT2D eigenvalue weighted by Gasteiger charge is -2.17. The Balaban J connectivity index is 2.51. The van der Waals surface area contributed by atoms with E-state index in [1.54, 1.807) is 7.11 Å². The summed E-state index contributed by atoms with van der Waals surface area (Å²) in [5.74, 6) is 6.40. The Morgan fingerprint density at radius 3 is 2.37 bits per heavy atom. The number of hydrazine groups is 1. The summed E-state index contributed by atoms with van der Waals surface area (Å²) >= 11 is 0. The van der Waals surface area contributed by atoms with Crippen LogP contribution in [-0.2, 0) is 9.47 Å². The summed E-state index contributed by atoms with van der Waals surface area (Å²) in [6, 6.07) is 7.82. The number of methoxy groups -OCH3 is 1. The average Bonchev–Trinajstić information content (AvgIpc) is 2.40. The minimum Gasteiger partial charge on any atom is -0.491 e. The second-order valence-corrected chi connectivity index (χ2v) is 4.52. The SMILES string of the molecule is COCCOCC(NN)c1ccc(OC(C)C)cc1. The Labute approximate surface area is 115 Å². The first kappa shape index (κ1) is 15.9. The smallest absolute Gasteiger partial charge is 0.119 e. The predicted molar refractivity (Wildman–Crippen MR) is 75.0 cm³/mol. The molecule has 1 atom stereocenters. The third-order valence-corrected chi connectivity index (χ3v) is 2.57. The van der Waals surface area contributed by atoms with E-state index in [2.05, 4.69) is 5.43 Å². The highest BCUT2D eigenvalue weighted by molar-refractivity contribution is 5.29. The van der Waals surface area contributed by atoms with E-state index in [-0.39, 0.29) is 12.1 Å². The molecule has 0 aromatic heterocycles. The maximum Gasteiger partial charge on any atom is 0.119 e. The molecule has 1 unspecified atom stereocenters. The van der Waals surface area contributed by atoms with Crippen LogP contribution in [0.3, 0.4) is 0 Å². The van der Waals surface area contributed by atoms with Gasteiger partial charge in [-0.05, 0) is 31.5 Å². The van der Waals surface area contributed by atoms with Gasteiger partial charge in [0, 0.05) is 7.11 Å². The number of nitrogens with one attached hydrogen (secondary N) is 1. The van der Waals surface area contributed by atoms with E-state index in [1.807, 2.05) is 38.1 Å². The average molecular weight is 268 g/mol. The van der Waals surface area contributed by atoms with Gasteiger partial charge in [0.1, 0.15) is 5.75 Å². The summed E-state index contributed by atoms with van der Waals surface area (Å²) < 4.78 is 16.0. The molecule has 0 radical (unpaired) electrons. The number of ether oxygens (including phenoxy) is 3. The fourth-order valence-corrected chi connectivity index (χ4v) is 1.63. The van der Waals surface area contributed by atoms with Crippen LogP contribution in [0.1, 0.15) is 25.5 Å². The second kappa shape index (κ2) is 8.87. The van der Waals surface area contributed by atoms with Gasteiger partial charge >= 0.3 is 0 Å². The van der Waals surface area contributed by atoms with Crippen LogP contribution in [0, 0.1) is 0 Å². The van der Waals surface area contributed by atoms with E-state index < -0.39 is 0 Å². The lowest BCUT2D eigenvalue weighted by molar-refractivity contribution is 0.0586. The summed E-state index contributed by atoms with van der Waals surface area (Å²) in [6.07, 6.45) is 0.173. The summed E-state index contributed by atoms with van der Waals surface area (Å²) in [5, 5.41) is 0. The highest BCUT2D eigenvalue weighted by atomic mass is 16.5. The fourth-order valence-electron chi connectivity index (χ4n) is 1.63. The van der Waals surface area contributed by atoms with Gasteiger partial charge in [-0.3, -0.25) is 11.3 Å². The Morgan fingerprint density at radius 1 is 1.16 bits per heavy atom. The third-order valence-electron chi connectivity index (χ3n) is 2.57. The first-order chi connectivity index (χ1) is 9.17. The van der Waals surface area contributed by atoms with Crippen LogP contribution in [0.4, 0.5) is 0 Å². The molecule has 1 aromatic carbocycles. The number of rotatable bonds is 9. The minimum atomic E-state index is -0.0371. The Kier molecular flexibility index (Phi) is 7.43. The van der Waals surface area contributed by atoms with Crippen molar-refractivity contribution in [2.24, 2.45) is 5.84 Å². The molecule has 0 aliphatic carbocycles. The monoisotopic (exact) mass is 268 g/mol. The summed E-state index contributed by atoms with van der Waals surface area (Å²) in [5.41, 5.74) is 3.81. The number of hydrogen-bond acceptors (Lipinski definition) is 5. The van der Waals surface area contributed by atoms with Gasteiger partial charge in [0.25, 0.3) is 0 Å². The molecule has 0 saturated carbocycles. The fraction of sp³-hybridized carbons (Fsp3) is 0.571. The van der Waals surface area contributed by atoms with Crippen LogP contribution >= 0.6 is 0 Å². The van der Waals surface area contributed by atoms with Crippen molar-refractivity contribution >= 4 is 0 Å². The molecule has 1 rings (SSSR count). The Bertz CT molecular complexity index is 341. The van der Waals surface area contributed by atoms with Gasteiger partial charge in [-0.1, -0.05) is 12.1 Å². The van der Waals surface area contributed by atoms with Gasteiger partial charge in [-0.2, -0.15) is 0 Å². The summed E-state index contributed by atoms with van der Waals surface area (Å²) in [4.78, 5) is 0. The molecule has 0 heterocycles. The zero-order valence-electron chi connectivity index (χ0n) is 11.9. The van der Waals surface area contributed by atoms with Crippen LogP contribution < -0.4 is 16.0 Å². The second-order valence-electron chi connectivity index (χ2n) is 4.52. The largest absolute Gasteiger partial charge is 0.491 e. The standard InChI is InChI=1S/C14H24N2O3/c1-11(2)19-13-6-4-12(5-7-13)14(16-15)10-18-9-8-17-3/h4-7,11,14,16H,8-10,15H2,1-3H3. The van der Waals surface area contributed by atoms with Crippen molar-refractivity contribution < 1.29 is 14.2 Å². The van der Waals surface area contributed by atoms with Crippen molar-refractivity contribution in [3.63, 3.8) is 0 Å². The molecule has 108 valence electrons. The molecule has 0 amide bonds. The molecule has 0 saturated heterocycles. The Morgan fingerprint density at radius 2 is 1.84 bits per heavy atom. The quantitative estimate of drug-likeness (QED) is 0.405. The molecular formula is C14H24N2O3. The molecule has 5 nitrogen and oxygen atoms in total. The molecule has 1 aromatic rings. The first-order valence-corrected chi connectivity index (χ1v) is 6.46. The van der Waals surface area contributed by atoms with Crippen LogP contribution in [0.5, 0.6) is 5.75 Å². The summed E-state index contributed by atoms with van der Waals surface area (Å²) in [6.45, 7) is 5.65. The number of hydrogen-bond donors (Lipinski definition) is 2. The highest BCUT2D eigenvalue weighted by Crippen LogP contribution is 2.18. The van der Waals surface area contributed by atoms with Gasteiger partial charge in [-0.15, -0.1) is 0 Å². The van der Waals surface area contributed by atoms with E-state index in [4.69, 9.17) is 20.1 Å². The molecule has 3 N–H and O–H groups in total. The highest BCUT2D eigenvalue weighted by Gasteiger charge is 2.10. The zero-order valence-corrected chi connectivity index (χ0v) is 11.9. The van der Waals surface area contributed by atoms with Gasteiger partial charge in [0.15, 0.2) is 0 Å². The van der Waals surface area contributed by atoms with Crippen molar-refractivity contribution in [2.45, 2.75) is 26.0 Å². The van der Waals surface area contributed by atoms with Gasteiger partial charge in [-0.25, -0.2) is 0 Å². The van der Waals surface area contributed by atoms with Gasteiger partial charge in [0.05, 0.1) is 32.0 Å². The van der Waals surface area contributed by atoms with Gasteiger partial charge < -0.3 is 14.2 Å². The van der Waals surface area contributed by atoms with E-state index in [0.29, 0.717) is 19.8 Å². The van der Waals surface area contributed by atoms with Crippen molar-refractivity contribution in [2.75, 3.05) is 26.9 Å². The molecule has 0 bridgehead atoms. The van der Waals surface area contributed by atoms with Crippen LogP contribution in [0.25, 0.3) is 0 Å². The predicted octanol–water partition coefficient (Wildman–Crippen LogP) is 1.64. The van der Waals surface area contributed by atoms with E-state index >= 15 is 0 Å². The lowest BCUT2D eigenvalue weighted by Crippen LogP contribution is -2.31. The van der Waals surface area contributed by atoms with E-state index in [1.165, 1.54) is 0 Å². The molecular weight excluding hydrogens is 244 g/mol. The number of nitrogens with two attached hydrogens (primary N) is 1. The maximum absolute atomic E-state index is 5.60. The van der Waals surface area contributed by atoms with Gasteiger partial charge in [0.2, 0.25) is 0 Å². The van der Waals surface area contributed by atoms with E-state index in [9.17, 15) is 0 Å². The molecule has 0 aliphatic heterocycles. The molecule has 5 heteroatoms. The zero-order chi connectivity index (χ0) is 14.1. The van der Waals surface area contributed by atoms with Crippen molar-refractivity contribution in [1.82, 2.24) is 5.43 Å². The number of benzene rings is 1. The summed E-state index contributed by atoms with van der Waals surface area (Å²) in [7, 11) is 1.65. The normalized spacial score (nSPS) is 12.7. The van der Waals surface area contributed by atoms with Crippen LogP contribution in [0.15, 0.2) is 24.3 Å². The minimum absolute atomic E-state index is 0.0371. The van der Waals surface area contributed by atoms with Crippen molar-refractivity contribution in [3.8, 4) is 5.75 Å². The van der Waals surface area contributed by atoms with E-state index in [0.717, 1.165) is 11.3 Å². The maximum atomic E-state index is 5.60. The lowest BCUT2D eigenvalue weighted by atomic mass is 10.1. The first-order valence-electron chi connectivity index (χ1n) is 6.46. The molecule has 0 fully saturated rings. The molecule has 0 aliphatic rings. The topological polar surface area (TPSA) is 65.7 Å².